The zero-order valence-electron chi connectivity index (χ0n) is 13.7. The fraction of sp³-hybridized carbons (Fsp3) is 0.471. The van der Waals surface area contributed by atoms with E-state index in [1.54, 1.807) is 24.0 Å². The third-order valence-electron chi connectivity index (χ3n) is 4.32. The van der Waals surface area contributed by atoms with Crippen LogP contribution >= 0.6 is 0 Å². The molecule has 0 aromatic carbocycles. The van der Waals surface area contributed by atoms with E-state index < -0.39 is 0 Å². The Morgan fingerprint density at radius 1 is 1.26 bits per heavy atom. The number of anilines is 1. The molecule has 1 N–H and O–H groups in total. The summed E-state index contributed by atoms with van der Waals surface area (Å²) in [6.45, 7) is 4.86. The molecule has 0 saturated carbocycles. The van der Waals surface area contributed by atoms with Crippen molar-refractivity contribution in [2.24, 2.45) is 7.05 Å². The maximum Gasteiger partial charge on any atom is 0.250 e. The van der Waals surface area contributed by atoms with Crippen LogP contribution in [0.1, 0.15) is 24.1 Å². The maximum atomic E-state index is 11.7. The van der Waals surface area contributed by atoms with Gasteiger partial charge in [0.1, 0.15) is 12.1 Å². The number of hydrogen-bond acceptors (Lipinski definition) is 5. The lowest BCUT2D eigenvalue weighted by Gasteiger charge is -2.32. The number of nitrogens with one attached hydrogen (secondary N) is 1. The van der Waals surface area contributed by atoms with E-state index in [0.717, 1.165) is 49.6 Å². The average Bonchev–Trinajstić information content (AvgIpc) is 2.53. The van der Waals surface area contributed by atoms with Crippen molar-refractivity contribution in [1.82, 2.24) is 19.4 Å². The molecule has 0 atom stereocenters. The second kappa shape index (κ2) is 6.91. The molecule has 1 fully saturated rings. The average molecular weight is 313 g/mol. The van der Waals surface area contributed by atoms with E-state index in [0.29, 0.717) is 6.04 Å². The minimum atomic E-state index is 0.0539. The number of rotatable bonds is 4. The van der Waals surface area contributed by atoms with Crippen molar-refractivity contribution in [2.45, 2.75) is 32.4 Å². The highest BCUT2D eigenvalue weighted by molar-refractivity contribution is 5.35. The van der Waals surface area contributed by atoms with Crippen LogP contribution in [0.15, 0.2) is 35.5 Å². The van der Waals surface area contributed by atoms with Crippen molar-refractivity contribution < 1.29 is 0 Å². The predicted octanol–water partition coefficient (Wildman–Crippen LogP) is 1.56. The molecule has 3 rings (SSSR count). The molecule has 0 amide bonds. The first-order valence-corrected chi connectivity index (χ1v) is 8.03. The normalized spacial score (nSPS) is 16.4. The molecular formula is C17H23N5O. The van der Waals surface area contributed by atoms with E-state index in [9.17, 15) is 4.79 Å². The van der Waals surface area contributed by atoms with Crippen LogP contribution in [0.5, 0.6) is 0 Å². The zero-order chi connectivity index (χ0) is 16.2. The lowest BCUT2D eigenvalue weighted by atomic mass is 10.0. The Kier molecular flexibility index (Phi) is 4.71. The summed E-state index contributed by atoms with van der Waals surface area (Å²) < 4.78 is 1.60. The van der Waals surface area contributed by atoms with Gasteiger partial charge in [-0.1, -0.05) is 0 Å². The highest BCUT2D eigenvalue weighted by Gasteiger charge is 2.19. The van der Waals surface area contributed by atoms with E-state index in [4.69, 9.17) is 0 Å². The molecular weight excluding hydrogens is 290 g/mol. The minimum Gasteiger partial charge on any atom is -0.367 e. The summed E-state index contributed by atoms with van der Waals surface area (Å²) in [6, 6.07) is 6.18. The summed E-state index contributed by atoms with van der Waals surface area (Å²) >= 11 is 0. The molecule has 0 aliphatic carbocycles. The summed E-state index contributed by atoms with van der Waals surface area (Å²) in [5, 5.41) is 3.49. The first-order valence-electron chi connectivity index (χ1n) is 8.03. The van der Waals surface area contributed by atoms with E-state index >= 15 is 0 Å². The first-order chi connectivity index (χ1) is 11.1. The summed E-state index contributed by atoms with van der Waals surface area (Å²) in [5.74, 6) is 0.905. The number of hydrogen-bond donors (Lipinski definition) is 1. The molecule has 0 spiro atoms. The second-order valence-electron chi connectivity index (χ2n) is 6.22. The predicted molar refractivity (Wildman–Crippen MR) is 90.4 cm³/mol. The quantitative estimate of drug-likeness (QED) is 0.928. The molecule has 1 aliphatic rings. The molecule has 0 unspecified atom stereocenters. The summed E-state index contributed by atoms with van der Waals surface area (Å²) in [5.41, 5.74) is 2.12. The van der Waals surface area contributed by atoms with Gasteiger partial charge in [-0.05, 0) is 31.4 Å². The fourth-order valence-corrected chi connectivity index (χ4v) is 2.92. The third-order valence-corrected chi connectivity index (χ3v) is 4.32. The Balaban J connectivity index is 1.52. The number of nitrogens with zero attached hydrogens (tertiary/aromatic N) is 4. The highest BCUT2D eigenvalue weighted by Crippen LogP contribution is 2.17. The lowest BCUT2D eigenvalue weighted by molar-refractivity contribution is 0.211. The van der Waals surface area contributed by atoms with Gasteiger partial charge >= 0.3 is 0 Å². The van der Waals surface area contributed by atoms with Crippen LogP contribution in [0, 0.1) is 6.92 Å². The minimum absolute atomic E-state index is 0.0539. The number of aromatic nitrogens is 3. The monoisotopic (exact) mass is 313 g/mol. The van der Waals surface area contributed by atoms with Gasteiger partial charge in [0.25, 0.3) is 5.56 Å². The van der Waals surface area contributed by atoms with Crippen molar-refractivity contribution in [3.8, 4) is 0 Å². The van der Waals surface area contributed by atoms with E-state index in [-0.39, 0.29) is 5.56 Å². The molecule has 2 aromatic rings. The van der Waals surface area contributed by atoms with Crippen molar-refractivity contribution in [3.63, 3.8) is 0 Å². The topological polar surface area (TPSA) is 63.0 Å². The molecule has 1 saturated heterocycles. The molecule has 2 aromatic heterocycles. The summed E-state index contributed by atoms with van der Waals surface area (Å²) in [6.07, 6.45) is 5.59. The van der Waals surface area contributed by atoms with Gasteiger partial charge < -0.3 is 9.88 Å². The molecule has 122 valence electrons. The summed E-state index contributed by atoms with van der Waals surface area (Å²) in [4.78, 5) is 22.5. The fourth-order valence-electron chi connectivity index (χ4n) is 2.92. The number of piperidine rings is 1. The van der Waals surface area contributed by atoms with Crippen molar-refractivity contribution >= 4 is 5.82 Å². The van der Waals surface area contributed by atoms with Crippen LogP contribution in [-0.2, 0) is 13.6 Å². The molecule has 3 heterocycles. The van der Waals surface area contributed by atoms with Gasteiger partial charge in [-0.2, -0.15) is 0 Å². The molecule has 23 heavy (non-hydrogen) atoms. The molecule has 1 aliphatic heterocycles. The van der Waals surface area contributed by atoms with Gasteiger partial charge in [0.15, 0.2) is 0 Å². The largest absolute Gasteiger partial charge is 0.367 e. The van der Waals surface area contributed by atoms with Gasteiger partial charge in [-0.15, -0.1) is 0 Å². The van der Waals surface area contributed by atoms with E-state index in [1.807, 2.05) is 25.3 Å². The van der Waals surface area contributed by atoms with Crippen LogP contribution < -0.4 is 10.9 Å². The van der Waals surface area contributed by atoms with Crippen LogP contribution in [0.2, 0.25) is 0 Å². The Morgan fingerprint density at radius 2 is 2.04 bits per heavy atom. The smallest absolute Gasteiger partial charge is 0.250 e. The lowest BCUT2D eigenvalue weighted by Crippen LogP contribution is -2.39. The van der Waals surface area contributed by atoms with Crippen molar-refractivity contribution in [1.29, 1.82) is 0 Å². The highest BCUT2D eigenvalue weighted by atomic mass is 16.1. The second-order valence-corrected chi connectivity index (χ2v) is 6.22. The number of aryl methyl sites for hydroxylation is 2. The van der Waals surface area contributed by atoms with Crippen LogP contribution in [0.3, 0.4) is 0 Å². The summed E-state index contributed by atoms with van der Waals surface area (Å²) in [7, 11) is 1.78. The van der Waals surface area contributed by atoms with E-state index in [1.165, 1.54) is 0 Å². The van der Waals surface area contributed by atoms with Crippen molar-refractivity contribution in [3.05, 3.63) is 52.3 Å². The number of pyridine rings is 1. The van der Waals surface area contributed by atoms with Gasteiger partial charge in [0.2, 0.25) is 0 Å². The Hall–Kier alpha value is -2.21. The van der Waals surface area contributed by atoms with Gasteiger partial charge in [0.05, 0.1) is 0 Å². The standard InChI is InChI=1S/C17H23N5O/c1-13-9-16(19-12-18-13)20-15-4-7-22(8-5-15)11-14-3-6-21(2)17(23)10-14/h3,6,9-10,12,15H,4-5,7-8,11H2,1-2H3,(H,18,19,20). The van der Waals surface area contributed by atoms with Gasteiger partial charge in [-0.3, -0.25) is 9.69 Å². The maximum absolute atomic E-state index is 11.7. The van der Waals surface area contributed by atoms with Crippen LogP contribution in [-0.4, -0.2) is 38.6 Å². The Morgan fingerprint density at radius 3 is 2.74 bits per heavy atom. The molecule has 0 bridgehead atoms. The molecule has 0 radical (unpaired) electrons. The van der Waals surface area contributed by atoms with Crippen LogP contribution in [0.4, 0.5) is 5.82 Å². The van der Waals surface area contributed by atoms with Gasteiger partial charge in [-0.25, -0.2) is 9.97 Å². The number of likely N-dealkylation sites (tertiary alicyclic amines) is 1. The molecule has 6 nitrogen and oxygen atoms in total. The Labute approximate surface area is 136 Å². The molecule has 6 heteroatoms. The van der Waals surface area contributed by atoms with E-state index in [2.05, 4.69) is 20.2 Å². The SMILES string of the molecule is Cc1cc(NC2CCN(Cc3ccn(C)c(=O)c3)CC2)ncn1. The van der Waals surface area contributed by atoms with Crippen LogP contribution in [0.25, 0.3) is 0 Å². The Bertz CT molecular complexity index is 719. The van der Waals surface area contributed by atoms with Gasteiger partial charge in [0, 0.05) is 56.7 Å². The zero-order valence-corrected chi connectivity index (χ0v) is 13.7. The van der Waals surface area contributed by atoms with Crippen molar-refractivity contribution in [2.75, 3.05) is 18.4 Å². The first kappa shape index (κ1) is 15.7. The third kappa shape index (κ3) is 4.16.